The normalized spacial score (nSPS) is 10.2. The van der Waals surface area contributed by atoms with Crippen LogP contribution in [-0.4, -0.2) is 22.5 Å². The summed E-state index contributed by atoms with van der Waals surface area (Å²) in [5.41, 5.74) is 1.62. The van der Waals surface area contributed by atoms with Crippen molar-refractivity contribution in [3.8, 4) is 11.4 Å². The smallest absolute Gasteiger partial charge is 0.312 e. The van der Waals surface area contributed by atoms with Crippen LogP contribution >= 0.6 is 11.3 Å². The highest BCUT2D eigenvalue weighted by Crippen LogP contribution is 2.19. The molecule has 0 radical (unpaired) electrons. The minimum absolute atomic E-state index is 0.228. The van der Waals surface area contributed by atoms with Crippen LogP contribution in [0.5, 0.6) is 0 Å². The number of esters is 1. The summed E-state index contributed by atoms with van der Waals surface area (Å²) in [5, 5.41) is 2.65. The first-order valence-electron chi connectivity index (χ1n) is 5.31. The van der Waals surface area contributed by atoms with Crippen LogP contribution in [0.3, 0.4) is 0 Å². The van der Waals surface area contributed by atoms with Crippen LogP contribution in [0.1, 0.15) is 11.9 Å². The van der Waals surface area contributed by atoms with Gasteiger partial charge in [0.15, 0.2) is 0 Å². The van der Waals surface area contributed by atoms with Crippen molar-refractivity contribution in [2.24, 2.45) is 0 Å². The Hall–Kier alpha value is -1.75. The summed E-state index contributed by atoms with van der Waals surface area (Å²) in [6, 6.07) is 5.66. The highest BCUT2D eigenvalue weighted by atomic mass is 32.1. The fraction of sp³-hybridized carbons (Fsp3) is 0.250. The third-order valence-corrected chi connectivity index (χ3v) is 2.93. The van der Waals surface area contributed by atoms with Gasteiger partial charge in [-0.25, -0.2) is 4.98 Å². The van der Waals surface area contributed by atoms with Gasteiger partial charge in [-0.1, -0.05) is 6.07 Å². The summed E-state index contributed by atoms with van der Waals surface area (Å²) >= 11 is 1.45. The molecule has 0 fully saturated rings. The number of carbonyl (C=O) groups is 1. The Morgan fingerprint density at radius 2 is 2.29 bits per heavy atom. The van der Waals surface area contributed by atoms with Crippen molar-refractivity contribution in [3.63, 3.8) is 0 Å². The second kappa shape index (κ2) is 5.54. The van der Waals surface area contributed by atoms with Crippen LogP contribution in [-0.2, 0) is 16.0 Å². The monoisotopic (exact) mass is 248 g/mol. The number of hydrogen-bond donors (Lipinski definition) is 0. The molecule has 4 nitrogen and oxygen atoms in total. The molecule has 0 spiro atoms. The first-order valence-corrected chi connectivity index (χ1v) is 6.19. The van der Waals surface area contributed by atoms with E-state index in [0.29, 0.717) is 6.61 Å². The predicted molar refractivity (Wildman–Crippen MR) is 65.7 cm³/mol. The number of pyridine rings is 1. The topological polar surface area (TPSA) is 52.1 Å². The van der Waals surface area contributed by atoms with Crippen molar-refractivity contribution in [2.45, 2.75) is 13.3 Å². The van der Waals surface area contributed by atoms with E-state index in [2.05, 4.69) is 9.97 Å². The molecule has 5 heteroatoms. The van der Waals surface area contributed by atoms with E-state index in [1.165, 1.54) is 11.3 Å². The molecule has 0 saturated heterocycles. The maximum atomic E-state index is 11.3. The summed E-state index contributed by atoms with van der Waals surface area (Å²) in [6.45, 7) is 2.19. The van der Waals surface area contributed by atoms with Crippen molar-refractivity contribution < 1.29 is 9.53 Å². The second-order valence-corrected chi connectivity index (χ2v) is 4.27. The number of ether oxygens (including phenoxy) is 1. The molecular weight excluding hydrogens is 236 g/mol. The van der Waals surface area contributed by atoms with Crippen LogP contribution < -0.4 is 0 Å². The lowest BCUT2D eigenvalue weighted by atomic mass is 10.3. The molecule has 17 heavy (non-hydrogen) atoms. The summed E-state index contributed by atoms with van der Waals surface area (Å²) in [5.74, 6) is -0.241. The Balaban J connectivity index is 2.09. The Kier molecular flexibility index (Phi) is 3.82. The zero-order chi connectivity index (χ0) is 12.1. The van der Waals surface area contributed by atoms with Gasteiger partial charge in [0.2, 0.25) is 0 Å². The fourth-order valence-electron chi connectivity index (χ4n) is 1.36. The van der Waals surface area contributed by atoms with Gasteiger partial charge in [-0.2, -0.15) is 0 Å². The van der Waals surface area contributed by atoms with Gasteiger partial charge >= 0.3 is 5.97 Å². The summed E-state index contributed by atoms with van der Waals surface area (Å²) in [4.78, 5) is 19.9. The number of carbonyl (C=O) groups excluding carboxylic acids is 1. The van der Waals surface area contributed by atoms with E-state index in [1.807, 2.05) is 23.6 Å². The highest BCUT2D eigenvalue weighted by Gasteiger charge is 2.09. The molecule has 0 aromatic carbocycles. The van der Waals surface area contributed by atoms with E-state index in [-0.39, 0.29) is 12.4 Å². The van der Waals surface area contributed by atoms with E-state index in [9.17, 15) is 4.79 Å². The minimum atomic E-state index is -0.241. The van der Waals surface area contributed by atoms with Crippen molar-refractivity contribution in [1.82, 2.24) is 9.97 Å². The average molecular weight is 248 g/mol. The number of rotatable bonds is 4. The Morgan fingerprint density at radius 3 is 3.00 bits per heavy atom. The molecule has 0 bridgehead atoms. The number of thiazole rings is 1. The van der Waals surface area contributed by atoms with Gasteiger partial charge in [-0.15, -0.1) is 11.3 Å². The van der Waals surface area contributed by atoms with Crippen molar-refractivity contribution in [2.75, 3.05) is 6.61 Å². The molecule has 2 rings (SSSR count). The molecule has 0 aliphatic rings. The maximum absolute atomic E-state index is 11.3. The van der Waals surface area contributed by atoms with E-state index in [1.54, 1.807) is 13.1 Å². The molecule has 0 amide bonds. The van der Waals surface area contributed by atoms with Gasteiger partial charge in [-0.05, 0) is 19.1 Å². The lowest BCUT2D eigenvalue weighted by molar-refractivity contribution is -0.142. The van der Waals surface area contributed by atoms with E-state index >= 15 is 0 Å². The number of aromatic nitrogens is 2. The maximum Gasteiger partial charge on any atom is 0.312 e. The van der Waals surface area contributed by atoms with E-state index in [0.717, 1.165) is 16.4 Å². The zero-order valence-corrected chi connectivity index (χ0v) is 10.2. The molecule has 2 heterocycles. The van der Waals surface area contributed by atoms with Crippen LogP contribution in [0.4, 0.5) is 0 Å². The second-order valence-electron chi connectivity index (χ2n) is 3.32. The largest absolute Gasteiger partial charge is 0.466 e. The Labute approximate surface area is 103 Å². The summed E-state index contributed by atoms with van der Waals surface area (Å²) in [7, 11) is 0. The molecule has 88 valence electrons. The van der Waals surface area contributed by atoms with Crippen molar-refractivity contribution in [1.29, 1.82) is 0 Å². The molecule has 0 N–H and O–H groups in total. The zero-order valence-electron chi connectivity index (χ0n) is 9.42. The van der Waals surface area contributed by atoms with Gasteiger partial charge in [0.25, 0.3) is 0 Å². The molecule has 0 unspecified atom stereocenters. The molecule has 0 atom stereocenters. The third kappa shape index (κ3) is 3.10. The Morgan fingerprint density at radius 1 is 1.41 bits per heavy atom. The van der Waals surface area contributed by atoms with E-state index in [4.69, 9.17) is 4.74 Å². The molecule has 0 saturated carbocycles. The molecule has 0 aliphatic carbocycles. The van der Waals surface area contributed by atoms with Crippen LogP contribution in [0, 0.1) is 0 Å². The number of hydrogen-bond acceptors (Lipinski definition) is 5. The lowest BCUT2D eigenvalue weighted by Gasteiger charge is -1.97. The lowest BCUT2D eigenvalue weighted by Crippen LogP contribution is -2.07. The standard InChI is InChI=1S/C12H12N2O2S/c1-2-16-12(15)7-11-14-10(8-17-11)9-5-3-4-6-13-9/h3-6,8H,2,7H2,1H3. The first-order chi connectivity index (χ1) is 8.29. The minimum Gasteiger partial charge on any atom is -0.466 e. The van der Waals surface area contributed by atoms with Crippen LogP contribution in [0.15, 0.2) is 29.8 Å². The quantitative estimate of drug-likeness (QED) is 0.779. The molecule has 2 aromatic heterocycles. The molecule has 0 aliphatic heterocycles. The predicted octanol–water partition coefficient (Wildman–Crippen LogP) is 2.31. The highest BCUT2D eigenvalue weighted by molar-refractivity contribution is 7.10. The summed E-state index contributed by atoms with van der Waals surface area (Å²) in [6.07, 6.45) is 1.95. The fourth-order valence-corrected chi connectivity index (χ4v) is 2.13. The molecule has 2 aromatic rings. The van der Waals surface area contributed by atoms with Gasteiger partial charge in [-0.3, -0.25) is 9.78 Å². The van der Waals surface area contributed by atoms with Gasteiger partial charge in [0.1, 0.15) is 5.01 Å². The first kappa shape index (κ1) is 11.7. The van der Waals surface area contributed by atoms with Crippen molar-refractivity contribution in [3.05, 3.63) is 34.8 Å². The van der Waals surface area contributed by atoms with Crippen molar-refractivity contribution >= 4 is 17.3 Å². The average Bonchev–Trinajstić information content (AvgIpc) is 2.79. The van der Waals surface area contributed by atoms with Gasteiger partial charge in [0.05, 0.1) is 24.4 Å². The molecular formula is C12H12N2O2S. The van der Waals surface area contributed by atoms with Crippen LogP contribution in [0.2, 0.25) is 0 Å². The SMILES string of the molecule is CCOC(=O)Cc1nc(-c2ccccn2)cs1. The Bertz CT molecular complexity index is 496. The number of nitrogens with zero attached hydrogens (tertiary/aromatic N) is 2. The van der Waals surface area contributed by atoms with Gasteiger partial charge < -0.3 is 4.74 Å². The van der Waals surface area contributed by atoms with E-state index < -0.39 is 0 Å². The third-order valence-electron chi connectivity index (χ3n) is 2.08. The van der Waals surface area contributed by atoms with Crippen LogP contribution in [0.25, 0.3) is 11.4 Å². The van der Waals surface area contributed by atoms with Gasteiger partial charge in [0, 0.05) is 11.6 Å². The summed E-state index contributed by atoms with van der Waals surface area (Å²) < 4.78 is 4.87.